The van der Waals surface area contributed by atoms with Gasteiger partial charge in [0.1, 0.15) is 0 Å². The van der Waals surface area contributed by atoms with Crippen molar-refractivity contribution in [3.05, 3.63) is 70.9 Å². The number of aromatic amines is 1. The number of benzene rings is 2. The van der Waals surface area contributed by atoms with Crippen molar-refractivity contribution in [1.82, 2.24) is 4.98 Å². The number of aromatic nitrogens is 1. The number of para-hydroxylation sites is 1. The van der Waals surface area contributed by atoms with Gasteiger partial charge in [-0.2, -0.15) is 0 Å². The van der Waals surface area contributed by atoms with Gasteiger partial charge in [0.05, 0.1) is 0 Å². The predicted molar refractivity (Wildman–Crippen MR) is 79.2 cm³/mol. The molecule has 2 heteroatoms. The summed E-state index contributed by atoms with van der Waals surface area (Å²) in [6.45, 7) is 0. The van der Waals surface area contributed by atoms with Crippen LogP contribution in [0, 0.1) is 0 Å². The zero-order valence-electron chi connectivity index (χ0n) is 9.84. The van der Waals surface area contributed by atoms with Gasteiger partial charge in [0, 0.05) is 11.7 Å². The van der Waals surface area contributed by atoms with Crippen LogP contribution in [0.2, 0.25) is 0 Å². The molecular weight excluding hydrogens is 334 g/mol. The van der Waals surface area contributed by atoms with Crippen molar-refractivity contribution in [3.8, 4) is 0 Å². The molecule has 0 aliphatic carbocycles. The molecule has 0 aliphatic rings. The number of hydrogen-bond donors (Lipinski definition) is 1. The zero-order valence-corrected chi connectivity index (χ0v) is 12.2. The molecule has 2 heterocycles. The third-order valence-electron chi connectivity index (χ3n) is 2.82. The van der Waals surface area contributed by atoms with E-state index < -0.39 is 0 Å². The standard InChI is InChI=1S/C8H7N.C8H6Te/c2*1-2-4-8-7(3-1)5-6-9-8/h1-6,9H;1-6H. The van der Waals surface area contributed by atoms with Crippen molar-refractivity contribution in [2.45, 2.75) is 0 Å². The second kappa shape index (κ2) is 5.44. The van der Waals surface area contributed by atoms with Crippen LogP contribution in [0.4, 0.5) is 0 Å². The Morgan fingerprint density at radius 2 is 1.50 bits per heavy atom. The molecule has 1 N–H and O–H groups in total. The molecular formula is C16H13NTe. The number of hydrogen-bond acceptors (Lipinski definition) is 0. The number of fused-ring (bicyclic) bond motifs is 2. The monoisotopic (exact) mass is 349 g/mol. The first kappa shape index (κ1) is 11.6. The molecule has 0 aliphatic heterocycles. The average Bonchev–Trinajstić information content (AvgIpc) is 3.08. The van der Waals surface area contributed by atoms with Crippen molar-refractivity contribution in [2.24, 2.45) is 0 Å². The van der Waals surface area contributed by atoms with E-state index in [0.29, 0.717) is 0 Å². The van der Waals surface area contributed by atoms with E-state index in [-0.39, 0.29) is 20.4 Å². The van der Waals surface area contributed by atoms with Crippen molar-refractivity contribution >= 4 is 40.1 Å². The minimum absolute atomic E-state index is 0.0821. The van der Waals surface area contributed by atoms with Crippen LogP contribution >= 0.6 is 0 Å². The third-order valence-corrected chi connectivity index (χ3v) is 5.39. The quantitative estimate of drug-likeness (QED) is 0.462. The third kappa shape index (κ3) is 2.51. The molecule has 0 bridgehead atoms. The summed E-state index contributed by atoms with van der Waals surface area (Å²) in [5.74, 6) is 0. The van der Waals surface area contributed by atoms with Crippen LogP contribution in [0.25, 0.3) is 19.7 Å². The van der Waals surface area contributed by atoms with Gasteiger partial charge in [-0.1, -0.05) is 18.2 Å². The van der Waals surface area contributed by atoms with Gasteiger partial charge in [0.15, 0.2) is 0 Å². The Kier molecular flexibility index (Phi) is 3.50. The van der Waals surface area contributed by atoms with Crippen molar-refractivity contribution < 1.29 is 0 Å². The van der Waals surface area contributed by atoms with Gasteiger partial charge in [-0.05, 0) is 17.5 Å². The summed E-state index contributed by atoms with van der Waals surface area (Å²) in [7, 11) is 0. The summed E-state index contributed by atoms with van der Waals surface area (Å²) in [6.07, 6.45) is 1.95. The Bertz CT molecular complexity index is 625. The summed E-state index contributed by atoms with van der Waals surface area (Å²) in [6, 6.07) is 21.2. The normalized spacial score (nSPS) is 10.2. The van der Waals surface area contributed by atoms with Crippen LogP contribution < -0.4 is 0 Å². The Labute approximate surface area is 116 Å². The van der Waals surface area contributed by atoms with E-state index in [1.807, 2.05) is 18.3 Å². The van der Waals surface area contributed by atoms with Crippen LogP contribution in [0.15, 0.2) is 70.9 Å². The van der Waals surface area contributed by atoms with E-state index in [9.17, 15) is 0 Å². The van der Waals surface area contributed by atoms with E-state index in [1.54, 1.807) is 3.40 Å². The van der Waals surface area contributed by atoms with E-state index in [2.05, 4.69) is 57.6 Å². The Hall–Kier alpha value is -1.49. The zero-order chi connectivity index (χ0) is 12.2. The molecule has 0 saturated carbocycles. The second-order valence-electron chi connectivity index (χ2n) is 4.02. The molecule has 18 heavy (non-hydrogen) atoms. The molecule has 2 aromatic carbocycles. The molecule has 4 rings (SSSR count). The molecule has 0 radical (unpaired) electrons. The number of nitrogens with one attached hydrogen (secondary N) is 1. The van der Waals surface area contributed by atoms with Gasteiger partial charge < -0.3 is 4.98 Å². The predicted octanol–water partition coefficient (Wildman–Crippen LogP) is 4.06. The summed E-state index contributed by atoms with van der Waals surface area (Å²) >= 11 is 0.0821. The van der Waals surface area contributed by atoms with E-state index in [1.165, 1.54) is 16.3 Å². The van der Waals surface area contributed by atoms with Gasteiger partial charge in [-0.3, -0.25) is 0 Å². The average molecular weight is 347 g/mol. The fourth-order valence-electron chi connectivity index (χ4n) is 1.90. The topological polar surface area (TPSA) is 15.8 Å². The number of rotatable bonds is 0. The molecule has 4 aromatic rings. The van der Waals surface area contributed by atoms with E-state index in [4.69, 9.17) is 0 Å². The molecule has 0 amide bonds. The summed E-state index contributed by atoms with van der Waals surface area (Å²) in [5, 5.41) is 2.72. The van der Waals surface area contributed by atoms with Crippen LogP contribution in [0.3, 0.4) is 0 Å². The van der Waals surface area contributed by atoms with Crippen LogP contribution in [-0.2, 0) is 0 Å². The molecule has 0 unspecified atom stereocenters. The summed E-state index contributed by atoms with van der Waals surface area (Å²) in [5.41, 5.74) is 1.21. The van der Waals surface area contributed by atoms with Gasteiger partial charge in [0.25, 0.3) is 0 Å². The van der Waals surface area contributed by atoms with Gasteiger partial charge in [0.2, 0.25) is 0 Å². The van der Waals surface area contributed by atoms with E-state index >= 15 is 0 Å². The van der Waals surface area contributed by atoms with Crippen molar-refractivity contribution in [2.75, 3.05) is 0 Å². The van der Waals surface area contributed by atoms with Crippen LogP contribution in [-0.4, -0.2) is 25.4 Å². The Morgan fingerprint density at radius 1 is 0.722 bits per heavy atom. The van der Waals surface area contributed by atoms with Gasteiger partial charge in [-0.25, -0.2) is 0 Å². The first-order chi connectivity index (χ1) is 8.93. The summed E-state index contributed by atoms with van der Waals surface area (Å²) < 4.78 is 3.92. The number of H-pyrrole nitrogens is 1. The molecule has 0 fully saturated rings. The fraction of sp³-hybridized carbons (Fsp3) is 0. The first-order valence-corrected chi connectivity index (χ1v) is 8.39. The van der Waals surface area contributed by atoms with Crippen LogP contribution in [0.5, 0.6) is 0 Å². The first-order valence-electron chi connectivity index (χ1n) is 5.88. The maximum absolute atomic E-state index is 3.12. The fourth-order valence-corrected chi connectivity index (χ4v) is 4.16. The molecule has 2 aromatic heterocycles. The van der Waals surface area contributed by atoms with Gasteiger partial charge in [-0.15, -0.1) is 0 Å². The van der Waals surface area contributed by atoms with Gasteiger partial charge >= 0.3 is 63.6 Å². The molecule has 1 nitrogen and oxygen atoms in total. The van der Waals surface area contributed by atoms with Crippen molar-refractivity contribution in [3.63, 3.8) is 0 Å². The molecule has 0 atom stereocenters. The Morgan fingerprint density at radius 3 is 2.33 bits per heavy atom. The van der Waals surface area contributed by atoms with E-state index in [0.717, 1.165) is 0 Å². The molecule has 0 saturated heterocycles. The van der Waals surface area contributed by atoms with Crippen molar-refractivity contribution in [1.29, 1.82) is 0 Å². The molecule has 88 valence electrons. The second-order valence-corrected chi connectivity index (χ2v) is 6.73. The Balaban J connectivity index is 0.000000111. The van der Waals surface area contributed by atoms with Crippen LogP contribution in [0.1, 0.15) is 0 Å². The molecule has 0 spiro atoms. The SMILES string of the molecule is c1ccc2[nH]ccc2c1.c1ccc2[te]ccc2c1. The maximum atomic E-state index is 3.12. The summed E-state index contributed by atoms with van der Waals surface area (Å²) in [4.78, 5) is 3.12. The minimum atomic E-state index is 0.0821.